The first kappa shape index (κ1) is 31.7. The molecule has 42 heavy (non-hydrogen) atoms. The largest absolute Gasteiger partial charge is 0.416 e. The van der Waals surface area contributed by atoms with E-state index >= 15 is 0 Å². The third kappa shape index (κ3) is 7.23. The van der Waals surface area contributed by atoms with E-state index in [1.165, 1.54) is 6.07 Å². The Morgan fingerprint density at radius 3 is 2.48 bits per heavy atom. The second kappa shape index (κ2) is 13.0. The lowest BCUT2D eigenvalue weighted by molar-refractivity contribution is -0.137. The Bertz CT molecular complexity index is 1380. The van der Waals surface area contributed by atoms with Crippen LogP contribution in [-0.4, -0.2) is 73.0 Å². The molecule has 2 unspecified atom stereocenters. The molecule has 7 nitrogen and oxygen atoms in total. The maximum Gasteiger partial charge on any atom is 0.416 e. The zero-order chi connectivity index (χ0) is 30.7. The first-order chi connectivity index (χ1) is 19.8. The van der Waals surface area contributed by atoms with Gasteiger partial charge in [-0.2, -0.15) is 13.2 Å². The van der Waals surface area contributed by atoms with Crippen molar-refractivity contribution in [1.82, 2.24) is 15.1 Å². The zero-order valence-electron chi connectivity index (χ0n) is 23.9. The third-order valence-electron chi connectivity index (χ3n) is 8.32. The van der Waals surface area contributed by atoms with E-state index in [0.29, 0.717) is 25.9 Å². The summed E-state index contributed by atoms with van der Waals surface area (Å²) in [6.07, 6.45) is -0.530. The standard InChI is InChI=1S/C31H38F3N3O4S/c1-4-16-36(21(2)3)25-13-14-28(23(19-25)20-42(40,41)26-11-6-5-7-12-26)37-17-15-27(30(37)39)35-29(38)22-9-8-10-24(18-22)31(32,33)34/h4-12,18,21,23,25,27-28H,1,13-17,19-20H2,2-3H3,(H,35,38)/t23-,25?,27-,28?/m0/s1. The van der Waals surface area contributed by atoms with E-state index < -0.39 is 33.5 Å². The van der Waals surface area contributed by atoms with E-state index in [0.717, 1.165) is 24.6 Å². The Hall–Kier alpha value is -3.18. The molecule has 1 N–H and O–H groups in total. The van der Waals surface area contributed by atoms with E-state index in [2.05, 4.69) is 30.6 Å². The summed E-state index contributed by atoms with van der Waals surface area (Å²) in [5.74, 6) is -1.57. The quantitative estimate of drug-likeness (QED) is 0.388. The van der Waals surface area contributed by atoms with Gasteiger partial charge in [-0.25, -0.2) is 8.42 Å². The highest BCUT2D eigenvalue weighted by Gasteiger charge is 2.44. The van der Waals surface area contributed by atoms with E-state index in [4.69, 9.17) is 0 Å². The maximum atomic E-state index is 13.6. The number of hydrogen-bond donors (Lipinski definition) is 1. The fourth-order valence-electron chi connectivity index (χ4n) is 6.29. The van der Waals surface area contributed by atoms with Gasteiger partial charge in [-0.15, -0.1) is 6.58 Å². The molecule has 1 aliphatic carbocycles. The molecule has 11 heteroatoms. The minimum atomic E-state index is -4.60. The molecule has 2 aromatic rings. The average molecular weight is 606 g/mol. The van der Waals surface area contributed by atoms with Crippen molar-refractivity contribution in [3.63, 3.8) is 0 Å². The molecule has 2 aromatic carbocycles. The zero-order valence-corrected chi connectivity index (χ0v) is 24.7. The van der Waals surface area contributed by atoms with Crippen molar-refractivity contribution >= 4 is 21.7 Å². The summed E-state index contributed by atoms with van der Waals surface area (Å²) in [7, 11) is -3.64. The number of amides is 2. The fraction of sp³-hybridized carbons (Fsp3) is 0.484. The van der Waals surface area contributed by atoms with Crippen molar-refractivity contribution < 1.29 is 31.2 Å². The number of sulfone groups is 1. The van der Waals surface area contributed by atoms with E-state index in [1.807, 2.05) is 6.08 Å². The van der Waals surface area contributed by atoms with Crippen LogP contribution in [0.15, 0.2) is 72.1 Å². The van der Waals surface area contributed by atoms with Crippen LogP contribution in [0, 0.1) is 5.92 Å². The van der Waals surface area contributed by atoms with Crippen molar-refractivity contribution in [2.45, 2.75) is 74.8 Å². The number of halogens is 3. The molecular formula is C31H38F3N3O4S. The Morgan fingerprint density at radius 2 is 1.83 bits per heavy atom. The molecule has 0 spiro atoms. The summed E-state index contributed by atoms with van der Waals surface area (Å²) in [5.41, 5.74) is -1.12. The Morgan fingerprint density at radius 1 is 1.12 bits per heavy atom. The lowest BCUT2D eigenvalue weighted by atomic mass is 9.80. The van der Waals surface area contributed by atoms with Crippen molar-refractivity contribution in [1.29, 1.82) is 0 Å². The monoisotopic (exact) mass is 605 g/mol. The Balaban J connectivity index is 1.53. The summed E-state index contributed by atoms with van der Waals surface area (Å²) in [4.78, 5) is 30.6. The first-order valence-corrected chi connectivity index (χ1v) is 15.9. The van der Waals surface area contributed by atoms with Crippen LogP contribution in [0.1, 0.15) is 55.5 Å². The van der Waals surface area contributed by atoms with Crippen LogP contribution in [0.3, 0.4) is 0 Å². The highest BCUT2D eigenvalue weighted by atomic mass is 32.2. The summed E-state index contributed by atoms with van der Waals surface area (Å²) >= 11 is 0. The second-order valence-corrected chi connectivity index (χ2v) is 13.4. The van der Waals surface area contributed by atoms with Gasteiger partial charge in [0.2, 0.25) is 5.91 Å². The second-order valence-electron chi connectivity index (χ2n) is 11.4. The van der Waals surface area contributed by atoms with Crippen LogP contribution in [0.5, 0.6) is 0 Å². The van der Waals surface area contributed by atoms with E-state index in [9.17, 15) is 31.2 Å². The average Bonchev–Trinajstić information content (AvgIpc) is 3.30. The number of carbonyl (C=O) groups is 2. The lowest BCUT2D eigenvalue weighted by Gasteiger charge is -2.45. The minimum Gasteiger partial charge on any atom is -0.340 e. The number of nitrogens with one attached hydrogen (secondary N) is 1. The Labute approximate surface area is 245 Å². The number of carbonyl (C=O) groups excluding carboxylic acids is 2. The van der Waals surface area contributed by atoms with Gasteiger partial charge >= 0.3 is 6.18 Å². The van der Waals surface area contributed by atoms with Gasteiger partial charge in [0.05, 0.1) is 16.2 Å². The lowest BCUT2D eigenvalue weighted by Crippen LogP contribution is -2.53. The maximum absolute atomic E-state index is 13.6. The number of benzene rings is 2. The van der Waals surface area contributed by atoms with Gasteiger partial charge in [-0.05, 0) is 75.8 Å². The molecule has 4 atom stereocenters. The molecule has 0 radical (unpaired) electrons. The molecule has 1 saturated carbocycles. The van der Waals surface area contributed by atoms with Crippen molar-refractivity contribution in [2.75, 3.05) is 18.8 Å². The van der Waals surface area contributed by atoms with Crippen molar-refractivity contribution in [3.8, 4) is 0 Å². The first-order valence-electron chi connectivity index (χ1n) is 14.2. The van der Waals surface area contributed by atoms with Gasteiger partial charge in [0.15, 0.2) is 9.84 Å². The molecule has 2 aliphatic rings. The van der Waals surface area contributed by atoms with Crippen LogP contribution < -0.4 is 5.32 Å². The van der Waals surface area contributed by atoms with E-state index in [-0.39, 0.29) is 52.6 Å². The molecule has 2 fully saturated rings. The van der Waals surface area contributed by atoms with Gasteiger partial charge in [-0.1, -0.05) is 30.3 Å². The molecule has 1 heterocycles. The molecule has 0 aromatic heterocycles. The van der Waals surface area contributed by atoms with Gasteiger partial charge < -0.3 is 10.2 Å². The van der Waals surface area contributed by atoms with E-state index in [1.54, 1.807) is 35.2 Å². The SMILES string of the molecule is C=CCN(C(C)C)C1CCC(N2CC[C@H](NC(=O)c3cccc(C(F)(F)F)c3)C2=O)[C@H](CS(=O)(=O)c2ccccc2)C1. The highest BCUT2D eigenvalue weighted by molar-refractivity contribution is 7.91. The molecule has 4 rings (SSSR count). The number of nitrogens with zero attached hydrogens (tertiary/aromatic N) is 2. The van der Waals surface area contributed by atoms with Crippen molar-refractivity contribution in [2.24, 2.45) is 5.92 Å². The molecule has 2 amide bonds. The van der Waals surface area contributed by atoms with Crippen LogP contribution in [0.2, 0.25) is 0 Å². The number of likely N-dealkylation sites (tertiary alicyclic amines) is 1. The van der Waals surface area contributed by atoms with Gasteiger partial charge in [0.25, 0.3) is 5.91 Å². The molecule has 228 valence electrons. The molecule has 0 bridgehead atoms. The molecule has 1 saturated heterocycles. The van der Waals surface area contributed by atoms with Crippen LogP contribution in [0.25, 0.3) is 0 Å². The topological polar surface area (TPSA) is 86.8 Å². The normalized spacial score (nSPS) is 23.4. The predicted molar refractivity (Wildman–Crippen MR) is 154 cm³/mol. The van der Waals surface area contributed by atoms with Gasteiger partial charge in [0.1, 0.15) is 6.04 Å². The Kier molecular flexibility index (Phi) is 9.82. The minimum absolute atomic E-state index is 0.115. The van der Waals surface area contributed by atoms with Crippen LogP contribution >= 0.6 is 0 Å². The summed E-state index contributed by atoms with van der Waals surface area (Å²) in [6.45, 7) is 9.04. The summed E-state index contributed by atoms with van der Waals surface area (Å²) in [5, 5.41) is 2.61. The van der Waals surface area contributed by atoms with Gasteiger partial charge in [-0.3, -0.25) is 14.5 Å². The fourth-order valence-corrected chi connectivity index (χ4v) is 7.98. The van der Waals surface area contributed by atoms with Crippen LogP contribution in [-0.2, 0) is 20.8 Å². The molecular weight excluding hydrogens is 567 g/mol. The third-order valence-corrected chi connectivity index (χ3v) is 10.2. The number of hydrogen-bond acceptors (Lipinski definition) is 5. The van der Waals surface area contributed by atoms with Crippen molar-refractivity contribution in [3.05, 3.63) is 78.4 Å². The summed E-state index contributed by atoms with van der Waals surface area (Å²) in [6, 6.07) is 11.4. The van der Waals surface area contributed by atoms with Crippen LogP contribution in [0.4, 0.5) is 13.2 Å². The number of alkyl halides is 3. The van der Waals surface area contributed by atoms with Gasteiger partial charge in [0, 0.05) is 36.8 Å². The number of rotatable bonds is 10. The smallest absolute Gasteiger partial charge is 0.340 e. The summed E-state index contributed by atoms with van der Waals surface area (Å²) < 4.78 is 66.4. The highest BCUT2D eigenvalue weighted by Crippen LogP contribution is 2.36. The predicted octanol–water partition coefficient (Wildman–Crippen LogP) is 4.94. The molecule has 1 aliphatic heterocycles.